The number of carbonyl (C=O) groups excluding carboxylic acids is 1. The standard InChI is InChI=1S/C28H36F2O2/c1-15-3-6-18-16(11-15)4-7-20-19(18)9-10-28(2)26(20)21-13-22(21)27(28)24(31)14-32-25-8-5-17(29)12-23(25)30/h5,8,12,15-16,18-22,26-27H,3-4,6-7,9-11,13-14H2,1-2H3. The summed E-state index contributed by atoms with van der Waals surface area (Å²) < 4.78 is 32.7. The maximum Gasteiger partial charge on any atom is 0.174 e. The van der Waals surface area contributed by atoms with Crippen LogP contribution >= 0.6 is 0 Å². The van der Waals surface area contributed by atoms with Gasteiger partial charge in [0.05, 0.1) is 0 Å². The molecular formula is C28H36F2O2. The molecule has 5 aliphatic carbocycles. The number of halogens is 2. The Morgan fingerprint density at radius 3 is 2.62 bits per heavy atom. The number of benzene rings is 1. The molecule has 0 aromatic heterocycles. The van der Waals surface area contributed by atoms with Gasteiger partial charge in [-0.1, -0.05) is 20.3 Å². The van der Waals surface area contributed by atoms with Crippen LogP contribution in [-0.2, 0) is 4.79 Å². The van der Waals surface area contributed by atoms with Crippen molar-refractivity contribution in [2.75, 3.05) is 6.61 Å². The van der Waals surface area contributed by atoms with Crippen LogP contribution in [0.4, 0.5) is 8.78 Å². The van der Waals surface area contributed by atoms with Gasteiger partial charge in [-0.2, -0.15) is 0 Å². The van der Waals surface area contributed by atoms with E-state index in [0.29, 0.717) is 17.8 Å². The van der Waals surface area contributed by atoms with Gasteiger partial charge in [0.25, 0.3) is 0 Å². The number of fused-ring (bicyclic) bond motifs is 7. The lowest BCUT2D eigenvalue weighted by Crippen LogP contribution is -2.51. The van der Waals surface area contributed by atoms with Crippen molar-refractivity contribution in [3.05, 3.63) is 29.8 Å². The number of hydrogen-bond acceptors (Lipinski definition) is 2. The van der Waals surface area contributed by atoms with Crippen LogP contribution < -0.4 is 4.74 Å². The molecule has 10 unspecified atom stereocenters. The zero-order chi connectivity index (χ0) is 22.2. The maximum atomic E-state index is 14.0. The molecule has 2 nitrogen and oxygen atoms in total. The van der Waals surface area contributed by atoms with Crippen molar-refractivity contribution in [3.8, 4) is 5.75 Å². The summed E-state index contributed by atoms with van der Waals surface area (Å²) >= 11 is 0. The Bertz CT molecular complexity index is 915. The minimum atomic E-state index is -0.739. The summed E-state index contributed by atoms with van der Waals surface area (Å²) in [7, 11) is 0. The highest BCUT2D eigenvalue weighted by Crippen LogP contribution is 2.74. The predicted octanol–water partition coefficient (Wildman–Crippen LogP) is 6.67. The third-order valence-corrected chi connectivity index (χ3v) is 10.6. The largest absolute Gasteiger partial charge is 0.483 e. The van der Waals surface area contributed by atoms with E-state index < -0.39 is 11.6 Å². The summed E-state index contributed by atoms with van der Waals surface area (Å²) in [4.78, 5) is 13.4. The molecule has 0 N–H and O–H groups in total. The second-order valence-electron chi connectivity index (χ2n) is 12.2. The highest BCUT2D eigenvalue weighted by Gasteiger charge is 2.70. The SMILES string of the molecule is CC1CCC2C(CCC3C2CCC2(C)C(C(=O)COc4ccc(F)cc4F)C4CC4C32)C1. The lowest BCUT2D eigenvalue weighted by atomic mass is 9.48. The fourth-order valence-corrected chi connectivity index (χ4v) is 9.49. The second kappa shape index (κ2) is 7.53. The van der Waals surface area contributed by atoms with Crippen LogP contribution in [0.5, 0.6) is 5.75 Å². The Morgan fingerprint density at radius 1 is 1.00 bits per heavy atom. The van der Waals surface area contributed by atoms with Crippen LogP contribution in [0, 0.1) is 70.3 Å². The summed E-state index contributed by atoms with van der Waals surface area (Å²) in [5, 5.41) is 0. The number of hydrogen-bond donors (Lipinski definition) is 0. The van der Waals surface area contributed by atoms with Crippen LogP contribution in [0.25, 0.3) is 0 Å². The van der Waals surface area contributed by atoms with Crippen molar-refractivity contribution < 1.29 is 18.3 Å². The van der Waals surface area contributed by atoms with Crippen molar-refractivity contribution in [3.63, 3.8) is 0 Å². The molecule has 0 bridgehead atoms. The first-order chi connectivity index (χ1) is 15.4. The van der Waals surface area contributed by atoms with Crippen LogP contribution in [0.1, 0.15) is 65.2 Å². The van der Waals surface area contributed by atoms with Crippen molar-refractivity contribution in [1.82, 2.24) is 0 Å². The summed E-state index contributed by atoms with van der Waals surface area (Å²) in [6.45, 7) is 4.72. The topological polar surface area (TPSA) is 26.3 Å². The summed E-state index contributed by atoms with van der Waals surface area (Å²) in [6.07, 6.45) is 10.6. The fraction of sp³-hybridized carbons (Fsp3) is 0.750. The van der Waals surface area contributed by atoms with Crippen molar-refractivity contribution in [1.29, 1.82) is 0 Å². The molecule has 5 saturated carbocycles. The Kier molecular flexibility index (Phi) is 4.97. The highest BCUT2D eigenvalue weighted by molar-refractivity contribution is 5.84. The fourth-order valence-electron chi connectivity index (χ4n) is 9.49. The monoisotopic (exact) mass is 442 g/mol. The van der Waals surface area contributed by atoms with Gasteiger partial charge >= 0.3 is 0 Å². The lowest BCUT2D eigenvalue weighted by Gasteiger charge is -2.57. The molecule has 0 heterocycles. The Balaban J connectivity index is 1.18. The Labute approximate surface area is 190 Å². The molecule has 4 heteroatoms. The van der Waals surface area contributed by atoms with E-state index in [1.807, 2.05) is 0 Å². The first-order valence-corrected chi connectivity index (χ1v) is 13.0. The van der Waals surface area contributed by atoms with Crippen LogP contribution in [-0.4, -0.2) is 12.4 Å². The number of carbonyl (C=O) groups is 1. The average Bonchev–Trinajstić information content (AvgIpc) is 3.46. The highest BCUT2D eigenvalue weighted by atomic mass is 19.1. The maximum absolute atomic E-state index is 14.0. The molecule has 10 atom stereocenters. The molecule has 0 spiro atoms. The molecule has 1 aromatic carbocycles. The number of ketones is 1. The normalized spacial score (nSPS) is 46.4. The third-order valence-electron chi connectivity index (χ3n) is 10.6. The molecule has 0 saturated heterocycles. The smallest absolute Gasteiger partial charge is 0.174 e. The molecule has 5 aliphatic rings. The summed E-state index contributed by atoms with van der Waals surface area (Å²) in [5.74, 6) is 5.11. The molecule has 174 valence electrons. The molecule has 5 fully saturated rings. The van der Waals surface area contributed by atoms with E-state index in [-0.39, 0.29) is 29.5 Å². The Morgan fingerprint density at radius 2 is 1.81 bits per heavy atom. The van der Waals surface area contributed by atoms with E-state index in [4.69, 9.17) is 4.74 Å². The molecule has 6 rings (SSSR count). The van der Waals surface area contributed by atoms with Crippen molar-refractivity contribution >= 4 is 5.78 Å². The third kappa shape index (κ3) is 3.18. The number of Topliss-reactive ketones (excluding diaryl/α,β-unsaturated/α-hetero) is 1. The minimum Gasteiger partial charge on any atom is -0.483 e. The van der Waals surface area contributed by atoms with Crippen LogP contribution in [0.2, 0.25) is 0 Å². The predicted molar refractivity (Wildman–Crippen MR) is 119 cm³/mol. The van der Waals surface area contributed by atoms with E-state index in [0.717, 1.165) is 42.1 Å². The minimum absolute atomic E-state index is 0.0274. The number of rotatable bonds is 4. The van der Waals surface area contributed by atoms with Crippen LogP contribution in [0.15, 0.2) is 18.2 Å². The van der Waals surface area contributed by atoms with Gasteiger partial charge < -0.3 is 4.74 Å². The van der Waals surface area contributed by atoms with E-state index in [1.54, 1.807) is 0 Å². The molecule has 0 amide bonds. The van der Waals surface area contributed by atoms with Gasteiger partial charge in [-0.3, -0.25) is 4.79 Å². The second-order valence-corrected chi connectivity index (χ2v) is 12.2. The molecular weight excluding hydrogens is 406 g/mol. The molecule has 1 aromatic rings. The van der Waals surface area contributed by atoms with Gasteiger partial charge in [-0.05, 0) is 110 Å². The van der Waals surface area contributed by atoms with E-state index in [9.17, 15) is 13.6 Å². The van der Waals surface area contributed by atoms with Crippen LogP contribution in [0.3, 0.4) is 0 Å². The van der Waals surface area contributed by atoms with Crippen molar-refractivity contribution in [2.45, 2.75) is 65.2 Å². The van der Waals surface area contributed by atoms with Gasteiger partial charge in [0.1, 0.15) is 12.4 Å². The zero-order valence-electron chi connectivity index (χ0n) is 19.4. The molecule has 0 radical (unpaired) electrons. The van der Waals surface area contributed by atoms with E-state index in [1.165, 1.54) is 57.1 Å². The van der Waals surface area contributed by atoms with Gasteiger partial charge in [-0.25, -0.2) is 8.78 Å². The quantitative estimate of drug-likeness (QED) is 0.520. The molecule has 0 aliphatic heterocycles. The van der Waals surface area contributed by atoms with E-state index >= 15 is 0 Å². The first kappa shape index (κ1) is 21.1. The van der Waals surface area contributed by atoms with E-state index in [2.05, 4.69) is 13.8 Å². The average molecular weight is 443 g/mol. The Hall–Kier alpha value is -1.45. The lowest BCUT2D eigenvalue weighted by molar-refractivity contribution is -0.135. The van der Waals surface area contributed by atoms with Gasteiger partial charge in [0.2, 0.25) is 0 Å². The van der Waals surface area contributed by atoms with Gasteiger partial charge in [0, 0.05) is 12.0 Å². The van der Waals surface area contributed by atoms with Gasteiger partial charge in [-0.15, -0.1) is 0 Å². The molecule has 32 heavy (non-hydrogen) atoms. The van der Waals surface area contributed by atoms with Gasteiger partial charge in [0.15, 0.2) is 17.3 Å². The summed E-state index contributed by atoms with van der Waals surface area (Å²) in [5.41, 5.74) is 0.0747. The summed E-state index contributed by atoms with van der Waals surface area (Å²) in [6, 6.07) is 3.27. The first-order valence-electron chi connectivity index (χ1n) is 13.0. The zero-order valence-corrected chi connectivity index (χ0v) is 19.4. The van der Waals surface area contributed by atoms with Crippen molar-refractivity contribution in [2.24, 2.45) is 58.7 Å². The number of ether oxygens (including phenoxy) is 1.